The average molecular weight is 466 g/mol. The summed E-state index contributed by atoms with van der Waals surface area (Å²) in [6, 6.07) is 0. The van der Waals surface area contributed by atoms with Gasteiger partial charge in [-0.15, -0.1) is 12.3 Å². The molecule has 156 valence electrons. The zero-order valence-electron chi connectivity index (χ0n) is 16.3. The Morgan fingerprint density at radius 1 is 1.48 bits per heavy atom. The van der Waals surface area contributed by atoms with Crippen LogP contribution in [0.4, 0.5) is 0 Å². The number of halogens is 1. The lowest BCUT2D eigenvalue weighted by Crippen LogP contribution is -2.24. The first-order chi connectivity index (χ1) is 13.8. The summed E-state index contributed by atoms with van der Waals surface area (Å²) < 4.78 is 10.3. The van der Waals surface area contributed by atoms with Crippen molar-refractivity contribution in [3.8, 4) is 12.3 Å². The quantitative estimate of drug-likeness (QED) is 0.135. The van der Waals surface area contributed by atoms with Crippen LogP contribution in [0.2, 0.25) is 0 Å². The molecule has 8 heteroatoms. The highest BCUT2D eigenvalue weighted by Crippen LogP contribution is 2.15. The maximum Gasteiger partial charge on any atom is 0.347 e. The Hall–Kier alpha value is -3.05. The van der Waals surface area contributed by atoms with Crippen LogP contribution in [0.15, 0.2) is 60.1 Å². The highest BCUT2D eigenvalue weighted by atomic mass is 79.9. The summed E-state index contributed by atoms with van der Waals surface area (Å²) in [6.45, 7) is 7.16. The van der Waals surface area contributed by atoms with Gasteiger partial charge in [0.05, 0.1) is 17.9 Å². The van der Waals surface area contributed by atoms with E-state index in [2.05, 4.69) is 40.2 Å². The summed E-state index contributed by atoms with van der Waals surface area (Å²) in [6.07, 6.45) is 12.7. The molecule has 1 unspecified atom stereocenters. The summed E-state index contributed by atoms with van der Waals surface area (Å²) in [4.78, 5) is 34.8. The van der Waals surface area contributed by atoms with Gasteiger partial charge in [0.2, 0.25) is 5.91 Å². The van der Waals surface area contributed by atoms with E-state index >= 15 is 0 Å². The first-order valence-corrected chi connectivity index (χ1v) is 9.65. The van der Waals surface area contributed by atoms with Crippen LogP contribution in [0.25, 0.3) is 0 Å². The lowest BCUT2D eigenvalue weighted by molar-refractivity contribution is -0.145. The predicted molar refractivity (Wildman–Crippen MR) is 114 cm³/mol. The Kier molecular flexibility index (Phi) is 13.4. The molecule has 1 aliphatic heterocycles. The van der Waals surface area contributed by atoms with Gasteiger partial charge in [0, 0.05) is 17.8 Å². The van der Waals surface area contributed by atoms with Crippen molar-refractivity contribution in [1.82, 2.24) is 5.32 Å². The third-order valence-corrected chi connectivity index (χ3v) is 3.52. The van der Waals surface area contributed by atoms with Crippen molar-refractivity contribution >= 4 is 33.8 Å². The van der Waals surface area contributed by atoms with Crippen LogP contribution in [0.1, 0.15) is 20.3 Å². The fourth-order valence-corrected chi connectivity index (χ4v) is 2.31. The summed E-state index contributed by atoms with van der Waals surface area (Å²) in [5.74, 6) is 0.396. The number of esters is 1. The minimum atomic E-state index is -1.18. The van der Waals surface area contributed by atoms with Crippen LogP contribution in [0.5, 0.6) is 0 Å². The third kappa shape index (κ3) is 10.2. The minimum absolute atomic E-state index is 0.0697. The molecule has 0 aromatic rings. The molecule has 1 aliphatic rings. The molecule has 1 fully saturated rings. The third-order valence-electron chi connectivity index (χ3n) is 3.19. The van der Waals surface area contributed by atoms with Gasteiger partial charge in [-0.2, -0.15) is 0 Å². The number of hydrogen-bond donors (Lipinski definition) is 2. The van der Waals surface area contributed by atoms with Crippen molar-refractivity contribution < 1.29 is 29.0 Å². The summed E-state index contributed by atoms with van der Waals surface area (Å²) in [5, 5.41) is 12.0. The molecule has 0 saturated carbocycles. The lowest BCUT2D eigenvalue weighted by atomic mass is 10.1. The van der Waals surface area contributed by atoms with Gasteiger partial charge in [0.1, 0.15) is 5.76 Å². The topological polar surface area (TPSA) is 102 Å². The normalized spacial score (nSPS) is 17.0. The molecule has 0 spiro atoms. The number of carbonyl (C=O) groups excluding carboxylic acids is 2. The molecule has 1 atom stereocenters. The molecule has 0 aliphatic carbocycles. The smallest absolute Gasteiger partial charge is 0.347 e. The van der Waals surface area contributed by atoms with Gasteiger partial charge in [-0.1, -0.05) is 34.7 Å². The van der Waals surface area contributed by atoms with E-state index in [1.165, 1.54) is 30.4 Å². The van der Waals surface area contributed by atoms with E-state index in [1.807, 2.05) is 0 Å². The van der Waals surface area contributed by atoms with E-state index in [0.717, 1.165) is 0 Å². The second-order valence-corrected chi connectivity index (χ2v) is 5.91. The van der Waals surface area contributed by atoms with Gasteiger partial charge in [-0.25, -0.2) is 9.59 Å². The fraction of sp³-hybridized carbons (Fsp3) is 0.286. The number of aliphatic carboxylic acids is 1. The number of rotatable bonds is 9. The van der Waals surface area contributed by atoms with E-state index in [9.17, 15) is 19.5 Å². The van der Waals surface area contributed by atoms with Crippen molar-refractivity contribution in [1.29, 1.82) is 0 Å². The van der Waals surface area contributed by atoms with Gasteiger partial charge in [0.15, 0.2) is 6.10 Å². The molecule has 1 rings (SSSR count). The Morgan fingerprint density at radius 2 is 2.14 bits per heavy atom. The predicted octanol–water partition coefficient (Wildman–Crippen LogP) is 3.01. The number of hydrogen-bond acceptors (Lipinski definition) is 5. The molecular weight excluding hydrogens is 442 g/mol. The maximum absolute atomic E-state index is 12.1. The molecule has 0 aromatic heterocycles. The van der Waals surface area contributed by atoms with Gasteiger partial charge >= 0.3 is 11.9 Å². The number of cyclic esters (lactones) is 1. The number of ether oxygens (including phenoxy) is 2. The van der Waals surface area contributed by atoms with E-state index in [-0.39, 0.29) is 11.3 Å². The second-order valence-electron chi connectivity index (χ2n) is 5.26. The number of terminal acetylenes is 1. The van der Waals surface area contributed by atoms with Crippen LogP contribution in [-0.4, -0.2) is 41.0 Å². The van der Waals surface area contributed by atoms with Crippen LogP contribution in [0.3, 0.4) is 0 Å². The van der Waals surface area contributed by atoms with E-state index in [0.29, 0.717) is 24.1 Å². The van der Waals surface area contributed by atoms with Crippen molar-refractivity contribution in [2.45, 2.75) is 26.4 Å². The van der Waals surface area contributed by atoms with Crippen LogP contribution in [-0.2, 0) is 23.9 Å². The number of nitrogens with one attached hydrogen (secondary N) is 1. The zero-order chi connectivity index (χ0) is 22.2. The van der Waals surface area contributed by atoms with Gasteiger partial charge in [0.25, 0.3) is 0 Å². The molecule has 1 heterocycles. The van der Waals surface area contributed by atoms with Crippen LogP contribution in [0, 0.1) is 12.3 Å². The Morgan fingerprint density at radius 3 is 2.59 bits per heavy atom. The van der Waals surface area contributed by atoms with Crippen molar-refractivity contribution in [2.75, 3.05) is 11.9 Å². The van der Waals surface area contributed by atoms with Crippen LogP contribution >= 0.6 is 15.9 Å². The molecule has 0 radical (unpaired) electrons. The number of carboxylic acids is 1. The van der Waals surface area contributed by atoms with Crippen LogP contribution < -0.4 is 5.32 Å². The summed E-state index contributed by atoms with van der Waals surface area (Å²) in [7, 11) is 0. The second kappa shape index (κ2) is 14.9. The molecule has 1 amide bonds. The number of carbonyl (C=O) groups is 3. The first-order valence-electron chi connectivity index (χ1n) is 8.53. The number of alkyl halides is 1. The van der Waals surface area contributed by atoms with Gasteiger partial charge < -0.3 is 19.9 Å². The monoisotopic (exact) mass is 465 g/mol. The van der Waals surface area contributed by atoms with E-state index in [1.54, 1.807) is 19.9 Å². The largest absolute Gasteiger partial charge is 0.479 e. The zero-order valence-corrected chi connectivity index (χ0v) is 17.9. The van der Waals surface area contributed by atoms with E-state index in [4.69, 9.17) is 9.47 Å². The Labute approximate surface area is 179 Å². The fourth-order valence-electron chi connectivity index (χ4n) is 1.99. The van der Waals surface area contributed by atoms with E-state index < -0.39 is 23.9 Å². The molecule has 2 N–H and O–H groups in total. The molecular formula is C21H24BrNO6. The van der Waals surface area contributed by atoms with Gasteiger partial charge in [-0.05, 0) is 32.1 Å². The minimum Gasteiger partial charge on any atom is -0.479 e. The maximum atomic E-state index is 12.1. The summed E-state index contributed by atoms with van der Waals surface area (Å²) >= 11 is 3.13. The Bertz CT molecular complexity index is 771. The SMILES string of the molecule is C#CC.C=C/C=C(NC(=O)/C=C\C(=C/C)OC1CCOC1=O)\C(=C/CBr)C(=O)O. The number of carboxylic acid groups (broad SMARTS) is 1. The average Bonchev–Trinajstić information content (AvgIpc) is 3.07. The highest BCUT2D eigenvalue weighted by molar-refractivity contribution is 9.09. The standard InChI is InChI=1S/C18H20BrNO6.C3H4/c1-3-5-14(13(8-10-19)17(22)23)20-16(21)7-6-12(4-2)26-15-9-11-25-18(15)24;1-3-2/h3-8,15H,1,9-11H2,2H3,(H,20,21)(H,22,23);1H,2H3/b7-6-,12-4+,13-8+,14-5+;. The van der Waals surface area contributed by atoms with Crippen molar-refractivity contribution in [2.24, 2.45) is 0 Å². The number of amides is 1. The highest BCUT2D eigenvalue weighted by Gasteiger charge is 2.28. The molecule has 1 saturated heterocycles. The summed E-state index contributed by atoms with van der Waals surface area (Å²) in [5.41, 5.74) is 0.0312. The molecule has 29 heavy (non-hydrogen) atoms. The molecule has 0 bridgehead atoms. The van der Waals surface area contributed by atoms with Gasteiger partial charge in [-0.3, -0.25) is 4.79 Å². The lowest BCUT2D eigenvalue weighted by Gasteiger charge is -2.11. The number of allylic oxidation sites excluding steroid dienone is 5. The first kappa shape index (κ1) is 26.0. The Balaban J connectivity index is 0.00000245. The van der Waals surface area contributed by atoms with Crippen molar-refractivity contribution in [3.63, 3.8) is 0 Å². The molecule has 0 aromatic carbocycles. The molecule has 7 nitrogen and oxygen atoms in total. The van der Waals surface area contributed by atoms with Crippen molar-refractivity contribution in [3.05, 3.63) is 60.1 Å².